The topological polar surface area (TPSA) is 67.8 Å². The van der Waals surface area contributed by atoms with Crippen LogP contribution < -0.4 is 10.1 Å². The zero-order valence-electron chi connectivity index (χ0n) is 14.1. The van der Waals surface area contributed by atoms with E-state index in [1.54, 1.807) is 31.2 Å². The molecule has 1 unspecified atom stereocenters. The van der Waals surface area contributed by atoms with Gasteiger partial charge in [-0.1, -0.05) is 23.3 Å². The summed E-state index contributed by atoms with van der Waals surface area (Å²) in [7, 11) is 1.48. The second-order valence-electron chi connectivity index (χ2n) is 5.89. The van der Waals surface area contributed by atoms with Crippen molar-refractivity contribution in [2.24, 2.45) is 10.9 Å². The van der Waals surface area contributed by atoms with E-state index >= 15 is 0 Å². The number of methoxy groups -OCH3 is 1. The Hall–Kier alpha value is -2.66. The first kappa shape index (κ1) is 17.2. The standard InChI is InChI=1S/C19H17ClN2O3/c1-10-11(2)18(23)22-16-9-13(5-6-14(10)16)21-19(24)15-8-12(20)4-7-17(15)25-3/h4-9,14H,1-3H3,(H,22,23). The van der Waals surface area contributed by atoms with Gasteiger partial charge < -0.3 is 10.1 Å². The quantitative estimate of drug-likeness (QED) is 0.882. The van der Waals surface area contributed by atoms with Crippen LogP contribution in [0.25, 0.3) is 0 Å². The summed E-state index contributed by atoms with van der Waals surface area (Å²) in [6, 6.07) is 4.79. The zero-order valence-corrected chi connectivity index (χ0v) is 14.8. The largest absolute Gasteiger partial charge is 0.496 e. The molecule has 2 aliphatic rings. The van der Waals surface area contributed by atoms with E-state index in [0.29, 0.717) is 22.1 Å². The molecule has 5 nitrogen and oxygen atoms in total. The van der Waals surface area contributed by atoms with E-state index in [0.717, 1.165) is 11.3 Å². The average Bonchev–Trinajstić information content (AvgIpc) is 2.59. The van der Waals surface area contributed by atoms with E-state index in [1.807, 2.05) is 13.0 Å². The number of nitrogens with zero attached hydrogens (tertiary/aromatic N) is 1. The van der Waals surface area contributed by atoms with Crippen molar-refractivity contribution in [3.05, 3.63) is 63.9 Å². The molecule has 0 bridgehead atoms. The number of ether oxygens (including phenoxy) is 1. The molecule has 0 radical (unpaired) electrons. The highest BCUT2D eigenvalue weighted by Crippen LogP contribution is 2.30. The highest BCUT2D eigenvalue weighted by Gasteiger charge is 2.27. The molecule has 1 atom stereocenters. The summed E-state index contributed by atoms with van der Waals surface area (Å²) in [4.78, 5) is 28.6. The van der Waals surface area contributed by atoms with Crippen LogP contribution in [-0.2, 0) is 4.79 Å². The molecular weight excluding hydrogens is 340 g/mol. The van der Waals surface area contributed by atoms with Crippen LogP contribution in [0.4, 0.5) is 0 Å². The summed E-state index contributed by atoms with van der Waals surface area (Å²) < 4.78 is 5.19. The maximum Gasteiger partial charge on any atom is 0.281 e. The van der Waals surface area contributed by atoms with Crippen molar-refractivity contribution in [2.45, 2.75) is 13.8 Å². The number of halogens is 1. The van der Waals surface area contributed by atoms with Gasteiger partial charge in [0.1, 0.15) is 5.75 Å². The fraction of sp³-hybridized carbons (Fsp3) is 0.211. The number of rotatable bonds is 2. The molecule has 1 heterocycles. The van der Waals surface area contributed by atoms with Gasteiger partial charge in [0.05, 0.1) is 18.4 Å². The average molecular weight is 357 g/mol. The first-order chi connectivity index (χ1) is 11.9. The van der Waals surface area contributed by atoms with E-state index < -0.39 is 5.91 Å². The molecule has 0 aromatic heterocycles. The summed E-state index contributed by atoms with van der Waals surface area (Å²) in [5.74, 6) is -0.172. The van der Waals surface area contributed by atoms with Crippen LogP contribution in [0.1, 0.15) is 24.2 Å². The van der Waals surface area contributed by atoms with Gasteiger partial charge in [-0.05, 0) is 44.2 Å². The van der Waals surface area contributed by atoms with Gasteiger partial charge in [-0.25, -0.2) is 4.99 Å². The Balaban J connectivity index is 1.93. The Morgan fingerprint density at radius 2 is 2.08 bits per heavy atom. The van der Waals surface area contributed by atoms with Gasteiger partial charge in [-0.3, -0.25) is 9.59 Å². The maximum absolute atomic E-state index is 12.5. The highest BCUT2D eigenvalue weighted by atomic mass is 35.5. The van der Waals surface area contributed by atoms with Gasteiger partial charge >= 0.3 is 0 Å². The van der Waals surface area contributed by atoms with E-state index in [4.69, 9.17) is 16.3 Å². The van der Waals surface area contributed by atoms with Crippen LogP contribution in [0.15, 0.2) is 58.3 Å². The third-order valence-corrected chi connectivity index (χ3v) is 4.61. The lowest BCUT2D eigenvalue weighted by atomic mass is 9.85. The number of benzene rings is 1. The SMILES string of the molecule is COc1ccc(Cl)cc1C(=O)N=C1C=CC2C(=C1)NC(=O)C(C)=C2C. The third kappa shape index (κ3) is 3.28. The zero-order chi connectivity index (χ0) is 18.1. The number of hydrogen-bond donors (Lipinski definition) is 1. The maximum atomic E-state index is 12.5. The molecule has 2 amide bonds. The molecule has 1 aliphatic heterocycles. The van der Waals surface area contributed by atoms with Crippen molar-refractivity contribution in [1.82, 2.24) is 5.32 Å². The molecule has 128 valence electrons. The molecule has 0 spiro atoms. The normalized spacial score (nSPS) is 21.0. The van der Waals surface area contributed by atoms with Crippen molar-refractivity contribution in [3.63, 3.8) is 0 Å². The molecule has 6 heteroatoms. The van der Waals surface area contributed by atoms with Crippen molar-refractivity contribution < 1.29 is 14.3 Å². The lowest BCUT2D eigenvalue weighted by Crippen LogP contribution is -2.35. The van der Waals surface area contributed by atoms with E-state index in [9.17, 15) is 9.59 Å². The van der Waals surface area contributed by atoms with Gasteiger partial charge in [0.15, 0.2) is 0 Å². The van der Waals surface area contributed by atoms with Crippen LogP contribution in [0.5, 0.6) is 5.75 Å². The summed E-state index contributed by atoms with van der Waals surface area (Å²) in [6.45, 7) is 3.73. The van der Waals surface area contributed by atoms with Crippen molar-refractivity contribution in [3.8, 4) is 5.75 Å². The Bertz CT molecular complexity index is 894. The number of carbonyl (C=O) groups excluding carboxylic acids is 2. The Kier molecular flexibility index (Phi) is 4.59. The van der Waals surface area contributed by atoms with E-state index in [2.05, 4.69) is 10.3 Å². The van der Waals surface area contributed by atoms with E-state index in [1.165, 1.54) is 13.2 Å². The summed E-state index contributed by atoms with van der Waals surface area (Å²) in [5, 5.41) is 3.28. The predicted molar refractivity (Wildman–Crippen MR) is 97.0 cm³/mol. The molecule has 1 aliphatic carbocycles. The molecule has 3 rings (SSSR count). The lowest BCUT2D eigenvalue weighted by molar-refractivity contribution is -0.117. The van der Waals surface area contributed by atoms with Crippen molar-refractivity contribution >= 4 is 29.1 Å². The first-order valence-corrected chi connectivity index (χ1v) is 8.13. The van der Waals surface area contributed by atoms with Gasteiger partial charge in [-0.15, -0.1) is 0 Å². The molecule has 1 aromatic carbocycles. The Morgan fingerprint density at radius 1 is 1.32 bits per heavy atom. The second kappa shape index (κ2) is 6.69. The van der Waals surface area contributed by atoms with Crippen molar-refractivity contribution in [1.29, 1.82) is 0 Å². The minimum Gasteiger partial charge on any atom is -0.496 e. The number of carbonyl (C=O) groups is 2. The summed E-state index contributed by atoms with van der Waals surface area (Å²) in [5.41, 5.74) is 3.18. The number of aliphatic imine (C=N–C) groups is 1. The number of hydrogen-bond acceptors (Lipinski definition) is 3. The number of fused-ring (bicyclic) bond motifs is 1. The smallest absolute Gasteiger partial charge is 0.281 e. The first-order valence-electron chi connectivity index (χ1n) is 7.75. The molecule has 1 aromatic rings. The molecule has 25 heavy (non-hydrogen) atoms. The summed E-state index contributed by atoms with van der Waals surface area (Å²) >= 11 is 5.96. The Morgan fingerprint density at radius 3 is 2.80 bits per heavy atom. The second-order valence-corrected chi connectivity index (χ2v) is 6.32. The molecule has 0 saturated heterocycles. The van der Waals surface area contributed by atoms with Crippen LogP contribution >= 0.6 is 11.6 Å². The highest BCUT2D eigenvalue weighted by molar-refractivity contribution is 6.31. The van der Waals surface area contributed by atoms with Gasteiger partial charge in [0.25, 0.3) is 11.8 Å². The molecular formula is C19H17ClN2O3. The van der Waals surface area contributed by atoms with Crippen LogP contribution in [0.3, 0.4) is 0 Å². The molecule has 0 saturated carbocycles. The van der Waals surface area contributed by atoms with Crippen molar-refractivity contribution in [2.75, 3.05) is 7.11 Å². The fourth-order valence-electron chi connectivity index (χ4n) is 2.82. The summed E-state index contributed by atoms with van der Waals surface area (Å²) in [6.07, 6.45) is 5.42. The Labute approximate surface area is 150 Å². The van der Waals surface area contributed by atoms with Gasteiger partial charge in [-0.2, -0.15) is 0 Å². The van der Waals surface area contributed by atoms with Crippen LogP contribution in [0.2, 0.25) is 5.02 Å². The van der Waals surface area contributed by atoms with Gasteiger partial charge in [0, 0.05) is 22.2 Å². The molecule has 1 N–H and O–H groups in total. The number of allylic oxidation sites excluding steroid dienone is 3. The van der Waals surface area contributed by atoms with E-state index in [-0.39, 0.29) is 17.4 Å². The monoisotopic (exact) mass is 356 g/mol. The van der Waals surface area contributed by atoms with Gasteiger partial charge in [0.2, 0.25) is 0 Å². The number of amides is 2. The third-order valence-electron chi connectivity index (χ3n) is 4.38. The number of nitrogens with one attached hydrogen (secondary N) is 1. The lowest BCUT2D eigenvalue weighted by Gasteiger charge is -2.28. The predicted octanol–water partition coefficient (Wildman–Crippen LogP) is 3.47. The fourth-order valence-corrected chi connectivity index (χ4v) is 2.99. The minimum atomic E-state index is -0.458. The van der Waals surface area contributed by atoms with Crippen LogP contribution in [-0.4, -0.2) is 24.6 Å². The molecule has 0 fully saturated rings. The minimum absolute atomic E-state index is 0.00691. The van der Waals surface area contributed by atoms with Crippen LogP contribution in [0, 0.1) is 5.92 Å².